The Kier molecular flexibility index (Phi) is 5.17. The Morgan fingerprint density at radius 2 is 1.83 bits per heavy atom. The van der Waals surface area contributed by atoms with Gasteiger partial charge in [-0.3, -0.25) is 4.79 Å². The Morgan fingerprint density at radius 1 is 1.21 bits per heavy atom. The van der Waals surface area contributed by atoms with Gasteiger partial charge in [0.25, 0.3) is 0 Å². The van der Waals surface area contributed by atoms with Crippen LogP contribution in [0.15, 0.2) is 18.2 Å². The van der Waals surface area contributed by atoms with Crippen molar-refractivity contribution in [3.8, 4) is 0 Å². The summed E-state index contributed by atoms with van der Waals surface area (Å²) in [6, 6.07) is 2.21. The molecule has 1 heterocycles. The molecule has 0 unspecified atom stereocenters. The minimum absolute atomic E-state index is 0.0250. The molecule has 1 aromatic rings. The molecule has 2 rings (SSSR count). The van der Waals surface area contributed by atoms with E-state index in [-0.39, 0.29) is 30.6 Å². The van der Waals surface area contributed by atoms with Gasteiger partial charge in [-0.05, 0) is 37.1 Å². The molecule has 0 bridgehead atoms. The van der Waals surface area contributed by atoms with Crippen molar-refractivity contribution in [2.45, 2.75) is 50.9 Å². The van der Waals surface area contributed by atoms with E-state index < -0.39 is 35.5 Å². The first kappa shape index (κ1) is 18.6. The van der Waals surface area contributed by atoms with Crippen molar-refractivity contribution in [2.75, 3.05) is 6.54 Å². The van der Waals surface area contributed by atoms with Crippen molar-refractivity contribution < 1.29 is 26.7 Å². The fourth-order valence-electron chi connectivity index (χ4n) is 2.51. The van der Waals surface area contributed by atoms with Crippen LogP contribution in [0.5, 0.6) is 0 Å². The van der Waals surface area contributed by atoms with Gasteiger partial charge in [0.2, 0.25) is 5.91 Å². The van der Waals surface area contributed by atoms with E-state index in [0.29, 0.717) is 0 Å². The van der Waals surface area contributed by atoms with Crippen LogP contribution in [0.4, 0.5) is 22.0 Å². The maximum absolute atomic E-state index is 14.1. The van der Waals surface area contributed by atoms with E-state index in [1.807, 2.05) is 0 Å². The monoisotopic (exact) mass is 350 g/mol. The lowest BCUT2D eigenvalue weighted by molar-refractivity contribution is -0.137. The number of nitrogens with one attached hydrogen (secondary N) is 2. The predicted molar refractivity (Wildman–Crippen MR) is 78.7 cm³/mol. The molecular weight excluding hydrogens is 331 g/mol. The molecule has 0 aromatic heterocycles. The van der Waals surface area contributed by atoms with Crippen LogP contribution in [-0.4, -0.2) is 24.7 Å². The summed E-state index contributed by atoms with van der Waals surface area (Å²) in [7, 11) is 0. The van der Waals surface area contributed by atoms with Crippen LogP contribution in [0.1, 0.15) is 37.0 Å². The maximum atomic E-state index is 14.1. The summed E-state index contributed by atoms with van der Waals surface area (Å²) in [5.41, 5.74) is -2.91. The van der Waals surface area contributed by atoms with Gasteiger partial charge >= 0.3 is 6.18 Å². The first-order valence-electron chi connectivity index (χ1n) is 7.52. The van der Waals surface area contributed by atoms with Crippen LogP contribution in [0, 0.1) is 0 Å². The van der Waals surface area contributed by atoms with Gasteiger partial charge in [-0.2, -0.15) is 13.2 Å². The van der Waals surface area contributed by atoms with E-state index in [1.54, 1.807) is 0 Å². The lowest BCUT2D eigenvalue weighted by atomic mass is 9.95. The van der Waals surface area contributed by atoms with Crippen LogP contribution in [0.25, 0.3) is 0 Å². The molecule has 1 aromatic carbocycles. The highest BCUT2D eigenvalue weighted by Crippen LogP contribution is 2.34. The normalized spacial score (nSPS) is 21.8. The molecule has 1 aliphatic heterocycles. The minimum Gasteiger partial charge on any atom is -0.351 e. The molecule has 1 fully saturated rings. The van der Waals surface area contributed by atoms with E-state index in [4.69, 9.17) is 0 Å². The zero-order valence-corrected chi connectivity index (χ0v) is 13.3. The first-order chi connectivity index (χ1) is 11.0. The summed E-state index contributed by atoms with van der Waals surface area (Å²) in [6.07, 6.45) is -5.71. The maximum Gasteiger partial charge on any atom is 0.416 e. The van der Waals surface area contributed by atoms with Crippen molar-refractivity contribution in [2.24, 2.45) is 0 Å². The fourth-order valence-corrected chi connectivity index (χ4v) is 2.51. The average molecular weight is 350 g/mol. The molecule has 1 amide bonds. The lowest BCUT2D eigenvalue weighted by Crippen LogP contribution is -2.40. The SMILES string of the molecule is CC(C)(F)c1cc(CNC(=O)[C@@H]2C[C@H](F)CN2)cc(C(F)(F)F)c1. The standard InChI is InChI=1S/C16H19F5N2O/c1-15(2,18)10-3-9(4-11(5-10)16(19,20)21)7-23-14(24)13-6-12(17)8-22-13/h3-5,12-13,22H,6-8H2,1-2H3,(H,23,24)/t12-,13-/m0/s1. The second-order valence-corrected chi connectivity index (χ2v) is 6.40. The number of alkyl halides is 5. The van der Waals surface area contributed by atoms with Crippen molar-refractivity contribution in [3.05, 3.63) is 34.9 Å². The van der Waals surface area contributed by atoms with E-state index in [0.717, 1.165) is 26.0 Å². The summed E-state index contributed by atoms with van der Waals surface area (Å²) < 4.78 is 66.0. The lowest BCUT2D eigenvalue weighted by Gasteiger charge is -2.19. The van der Waals surface area contributed by atoms with Gasteiger partial charge < -0.3 is 10.6 Å². The molecule has 0 saturated carbocycles. The molecular formula is C16H19F5N2O. The molecule has 24 heavy (non-hydrogen) atoms. The number of halogens is 5. The number of carbonyl (C=O) groups excluding carboxylic acids is 1. The minimum atomic E-state index is -4.62. The third kappa shape index (κ3) is 4.66. The smallest absolute Gasteiger partial charge is 0.351 e. The largest absolute Gasteiger partial charge is 0.416 e. The van der Waals surface area contributed by atoms with Crippen LogP contribution in [0.2, 0.25) is 0 Å². The van der Waals surface area contributed by atoms with Crippen molar-refractivity contribution in [3.63, 3.8) is 0 Å². The Morgan fingerprint density at radius 3 is 2.33 bits per heavy atom. The van der Waals surface area contributed by atoms with E-state index in [2.05, 4.69) is 10.6 Å². The summed E-state index contributed by atoms with van der Waals surface area (Å²) in [5, 5.41) is 5.15. The Bertz CT molecular complexity index is 577. The van der Waals surface area contributed by atoms with Gasteiger partial charge in [-0.15, -0.1) is 0 Å². The molecule has 134 valence electrons. The van der Waals surface area contributed by atoms with E-state index in [9.17, 15) is 26.7 Å². The van der Waals surface area contributed by atoms with Gasteiger partial charge in [-0.25, -0.2) is 8.78 Å². The van der Waals surface area contributed by atoms with Crippen LogP contribution < -0.4 is 10.6 Å². The highest BCUT2D eigenvalue weighted by molar-refractivity contribution is 5.82. The molecule has 0 spiro atoms. The van der Waals surface area contributed by atoms with Gasteiger partial charge in [0.1, 0.15) is 11.8 Å². The van der Waals surface area contributed by atoms with Gasteiger partial charge in [0.05, 0.1) is 11.6 Å². The average Bonchev–Trinajstić information content (AvgIpc) is 2.89. The zero-order valence-electron chi connectivity index (χ0n) is 13.3. The van der Waals surface area contributed by atoms with Crippen LogP contribution in [-0.2, 0) is 23.2 Å². The Hall–Kier alpha value is -1.70. The third-order valence-electron chi connectivity index (χ3n) is 3.87. The summed E-state index contributed by atoms with van der Waals surface area (Å²) in [5.74, 6) is -0.492. The highest BCUT2D eigenvalue weighted by Gasteiger charge is 2.33. The number of rotatable bonds is 4. The first-order valence-corrected chi connectivity index (χ1v) is 7.52. The van der Waals surface area contributed by atoms with Crippen molar-refractivity contribution in [1.82, 2.24) is 10.6 Å². The number of amides is 1. The topological polar surface area (TPSA) is 41.1 Å². The number of benzene rings is 1. The second kappa shape index (κ2) is 6.66. The van der Waals surface area contributed by atoms with E-state index in [1.165, 1.54) is 6.07 Å². The number of carbonyl (C=O) groups is 1. The molecule has 2 N–H and O–H groups in total. The highest BCUT2D eigenvalue weighted by atomic mass is 19.4. The number of hydrogen-bond acceptors (Lipinski definition) is 2. The van der Waals surface area contributed by atoms with Gasteiger partial charge in [0, 0.05) is 19.5 Å². The summed E-state index contributed by atoms with van der Waals surface area (Å²) in [4.78, 5) is 11.9. The zero-order chi connectivity index (χ0) is 18.1. The van der Waals surface area contributed by atoms with Crippen LogP contribution in [0.3, 0.4) is 0 Å². The summed E-state index contributed by atoms with van der Waals surface area (Å²) in [6.45, 7) is 2.20. The third-order valence-corrected chi connectivity index (χ3v) is 3.87. The second-order valence-electron chi connectivity index (χ2n) is 6.40. The molecule has 0 aliphatic carbocycles. The molecule has 0 radical (unpaired) electrons. The number of hydrogen-bond donors (Lipinski definition) is 2. The summed E-state index contributed by atoms with van der Waals surface area (Å²) >= 11 is 0. The van der Waals surface area contributed by atoms with Gasteiger partial charge in [-0.1, -0.05) is 6.07 Å². The molecule has 2 atom stereocenters. The Labute approximate surface area is 136 Å². The van der Waals surface area contributed by atoms with Crippen LogP contribution >= 0.6 is 0 Å². The molecule has 8 heteroatoms. The predicted octanol–water partition coefficient (Wildman–Crippen LogP) is 3.23. The van der Waals surface area contributed by atoms with E-state index >= 15 is 0 Å². The van der Waals surface area contributed by atoms with Crippen molar-refractivity contribution in [1.29, 1.82) is 0 Å². The molecule has 3 nitrogen and oxygen atoms in total. The van der Waals surface area contributed by atoms with Crippen molar-refractivity contribution >= 4 is 5.91 Å². The molecule has 1 aliphatic rings. The van der Waals surface area contributed by atoms with Gasteiger partial charge in [0.15, 0.2) is 0 Å². The Balaban J connectivity index is 2.15. The fraction of sp³-hybridized carbons (Fsp3) is 0.562. The quantitative estimate of drug-likeness (QED) is 0.819. The molecule has 1 saturated heterocycles.